The summed E-state index contributed by atoms with van der Waals surface area (Å²) in [6, 6.07) is 17.0. The zero-order valence-electron chi connectivity index (χ0n) is 10.6. The largest absolute Gasteiger partial charge is 0.399 e. The van der Waals surface area contributed by atoms with Crippen LogP contribution >= 0.6 is 0 Å². The van der Waals surface area contributed by atoms with Crippen molar-refractivity contribution in [2.24, 2.45) is 0 Å². The maximum Gasteiger partial charge on any atom is 0.0314 e. The van der Waals surface area contributed by atoms with E-state index >= 15 is 0 Å². The Bertz CT molecular complexity index is 522. The highest BCUT2D eigenvalue weighted by Gasteiger charge is 2.19. The van der Waals surface area contributed by atoms with E-state index in [4.69, 9.17) is 5.73 Å². The average Bonchev–Trinajstić information content (AvgIpc) is 2.93. The summed E-state index contributed by atoms with van der Waals surface area (Å²) in [6.45, 7) is 0. The van der Waals surface area contributed by atoms with Crippen LogP contribution in [0.4, 0.5) is 5.69 Å². The Labute approximate surface area is 109 Å². The Morgan fingerprint density at radius 3 is 2.22 bits per heavy atom. The van der Waals surface area contributed by atoms with Crippen LogP contribution in [0.25, 0.3) is 11.1 Å². The van der Waals surface area contributed by atoms with Gasteiger partial charge in [-0.15, -0.1) is 0 Å². The average molecular weight is 237 g/mol. The second kappa shape index (κ2) is 4.85. The molecule has 0 aromatic heterocycles. The van der Waals surface area contributed by atoms with Gasteiger partial charge in [0.1, 0.15) is 0 Å². The van der Waals surface area contributed by atoms with E-state index in [1.807, 2.05) is 12.1 Å². The lowest BCUT2D eigenvalue weighted by Gasteiger charge is -2.15. The van der Waals surface area contributed by atoms with E-state index in [2.05, 4.69) is 36.4 Å². The minimum Gasteiger partial charge on any atom is -0.399 e. The predicted molar refractivity (Wildman–Crippen MR) is 77.5 cm³/mol. The third-order valence-corrected chi connectivity index (χ3v) is 3.98. The summed E-state index contributed by atoms with van der Waals surface area (Å²) in [4.78, 5) is 0. The van der Waals surface area contributed by atoms with Gasteiger partial charge < -0.3 is 5.73 Å². The molecule has 0 spiro atoms. The highest BCUT2D eigenvalue weighted by Crippen LogP contribution is 2.39. The normalized spacial score (nSPS) is 16.0. The summed E-state index contributed by atoms with van der Waals surface area (Å²) >= 11 is 0. The van der Waals surface area contributed by atoms with Crippen molar-refractivity contribution in [2.45, 2.75) is 31.6 Å². The number of nitrogen functional groups attached to an aromatic ring is 1. The van der Waals surface area contributed by atoms with Gasteiger partial charge in [-0.05, 0) is 47.6 Å². The van der Waals surface area contributed by atoms with Crippen LogP contribution in [0.1, 0.15) is 37.2 Å². The Hall–Kier alpha value is -1.76. The molecule has 1 nitrogen and oxygen atoms in total. The summed E-state index contributed by atoms with van der Waals surface area (Å²) < 4.78 is 0. The fraction of sp³-hybridized carbons (Fsp3) is 0.294. The fourth-order valence-electron chi connectivity index (χ4n) is 3.02. The Morgan fingerprint density at radius 1 is 0.833 bits per heavy atom. The first-order valence-corrected chi connectivity index (χ1v) is 6.79. The summed E-state index contributed by atoms with van der Waals surface area (Å²) in [5.74, 6) is 0.749. The van der Waals surface area contributed by atoms with E-state index in [1.165, 1.54) is 42.4 Å². The van der Waals surface area contributed by atoms with E-state index in [9.17, 15) is 0 Å². The minimum absolute atomic E-state index is 0.749. The molecule has 2 aromatic rings. The van der Waals surface area contributed by atoms with Gasteiger partial charge in [0, 0.05) is 5.69 Å². The van der Waals surface area contributed by atoms with Gasteiger partial charge in [-0.25, -0.2) is 0 Å². The number of hydrogen-bond donors (Lipinski definition) is 1. The fourth-order valence-corrected chi connectivity index (χ4v) is 3.02. The molecule has 2 aromatic carbocycles. The first-order chi connectivity index (χ1) is 8.84. The van der Waals surface area contributed by atoms with E-state index in [0.29, 0.717) is 0 Å². The van der Waals surface area contributed by atoms with Gasteiger partial charge in [0.15, 0.2) is 0 Å². The summed E-state index contributed by atoms with van der Waals surface area (Å²) in [6.07, 6.45) is 5.43. The van der Waals surface area contributed by atoms with Gasteiger partial charge in [0.2, 0.25) is 0 Å². The van der Waals surface area contributed by atoms with Crippen LogP contribution in [0, 0.1) is 0 Å². The molecule has 0 aliphatic heterocycles. The molecule has 1 aliphatic carbocycles. The van der Waals surface area contributed by atoms with Crippen molar-refractivity contribution in [1.82, 2.24) is 0 Å². The van der Waals surface area contributed by atoms with Crippen molar-refractivity contribution < 1.29 is 0 Å². The summed E-state index contributed by atoms with van der Waals surface area (Å²) in [5, 5.41) is 0. The van der Waals surface area contributed by atoms with Gasteiger partial charge in [0.25, 0.3) is 0 Å². The quantitative estimate of drug-likeness (QED) is 0.759. The van der Waals surface area contributed by atoms with Crippen LogP contribution in [-0.2, 0) is 0 Å². The second-order valence-corrected chi connectivity index (χ2v) is 5.19. The first kappa shape index (κ1) is 11.3. The highest BCUT2D eigenvalue weighted by molar-refractivity contribution is 5.69. The Balaban J connectivity index is 2.03. The van der Waals surface area contributed by atoms with Crippen molar-refractivity contribution in [1.29, 1.82) is 0 Å². The van der Waals surface area contributed by atoms with Gasteiger partial charge in [-0.2, -0.15) is 0 Å². The van der Waals surface area contributed by atoms with Crippen molar-refractivity contribution in [3.63, 3.8) is 0 Å². The van der Waals surface area contributed by atoms with Crippen LogP contribution < -0.4 is 5.73 Å². The third-order valence-electron chi connectivity index (χ3n) is 3.98. The molecule has 0 saturated heterocycles. The lowest BCUT2D eigenvalue weighted by Crippen LogP contribution is -1.95. The summed E-state index contributed by atoms with van der Waals surface area (Å²) in [5.41, 5.74) is 10.8. The van der Waals surface area contributed by atoms with Crippen molar-refractivity contribution in [3.05, 3.63) is 54.1 Å². The zero-order chi connectivity index (χ0) is 12.4. The van der Waals surface area contributed by atoms with E-state index < -0.39 is 0 Å². The van der Waals surface area contributed by atoms with Gasteiger partial charge in [0.05, 0.1) is 0 Å². The predicted octanol–water partition coefficient (Wildman–Crippen LogP) is 4.59. The molecule has 1 aliphatic rings. The second-order valence-electron chi connectivity index (χ2n) is 5.19. The molecule has 0 unspecified atom stereocenters. The van der Waals surface area contributed by atoms with Crippen molar-refractivity contribution in [2.75, 3.05) is 5.73 Å². The molecule has 0 amide bonds. The third kappa shape index (κ3) is 2.13. The molecular weight excluding hydrogens is 218 g/mol. The maximum atomic E-state index is 5.76. The molecule has 0 heterocycles. The zero-order valence-corrected chi connectivity index (χ0v) is 10.6. The van der Waals surface area contributed by atoms with Crippen LogP contribution in [-0.4, -0.2) is 0 Å². The van der Waals surface area contributed by atoms with E-state index in [1.54, 1.807) is 0 Å². The number of nitrogens with two attached hydrogens (primary N) is 1. The SMILES string of the molecule is Nc1ccc(-c2ccccc2C2CCCC2)cc1. The van der Waals surface area contributed by atoms with Crippen LogP contribution in [0.5, 0.6) is 0 Å². The number of anilines is 1. The molecule has 1 heteroatoms. The van der Waals surface area contributed by atoms with Gasteiger partial charge in [-0.1, -0.05) is 49.2 Å². The molecule has 92 valence electrons. The molecular formula is C17H19N. The molecule has 1 saturated carbocycles. The molecule has 0 bridgehead atoms. The van der Waals surface area contributed by atoms with Crippen LogP contribution in [0.15, 0.2) is 48.5 Å². The van der Waals surface area contributed by atoms with Crippen molar-refractivity contribution >= 4 is 5.69 Å². The van der Waals surface area contributed by atoms with Crippen LogP contribution in [0.2, 0.25) is 0 Å². The Morgan fingerprint density at radius 2 is 1.50 bits per heavy atom. The molecule has 2 N–H and O–H groups in total. The lowest BCUT2D eigenvalue weighted by molar-refractivity contribution is 0.725. The number of rotatable bonds is 2. The maximum absolute atomic E-state index is 5.76. The van der Waals surface area contributed by atoms with Crippen molar-refractivity contribution in [3.8, 4) is 11.1 Å². The molecule has 0 radical (unpaired) electrons. The standard InChI is InChI=1S/C17H19N/c18-15-11-9-14(10-12-15)17-8-4-3-7-16(17)13-5-1-2-6-13/h3-4,7-13H,1-2,5-6,18H2. The Kier molecular flexibility index (Phi) is 3.06. The lowest BCUT2D eigenvalue weighted by atomic mass is 9.89. The molecule has 3 rings (SSSR count). The topological polar surface area (TPSA) is 26.0 Å². The highest BCUT2D eigenvalue weighted by atomic mass is 14.5. The van der Waals surface area contributed by atoms with Gasteiger partial charge >= 0.3 is 0 Å². The van der Waals surface area contributed by atoms with E-state index in [0.717, 1.165) is 11.6 Å². The molecule has 1 fully saturated rings. The van der Waals surface area contributed by atoms with Gasteiger partial charge in [-0.3, -0.25) is 0 Å². The summed E-state index contributed by atoms with van der Waals surface area (Å²) in [7, 11) is 0. The monoisotopic (exact) mass is 237 g/mol. The van der Waals surface area contributed by atoms with Crippen LogP contribution in [0.3, 0.4) is 0 Å². The minimum atomic E-state index is 0.749. The first-order valence-electron chi connectivity index (χ1n) is 6.79. The van der Waals surface area contributed by atoms with E-state index in [-0.39, 0.29) is 0 Å². The molecule has 0 atom stereocenters. The smallest absolute Gasteiger partial charge is 0.0314 e. The molecule has 18 heavy (non-hydrogen) atoms. The number of hydrogen-bond acceptors (Lipinski definition) is 1. The number of benzene rings is 2.